The third kappa shape index (κ3) is 6.53. The quantitative estimate of drug-likeness (QED) is 0.224. The average molecular weight is 571 g/mol. The van der Waals surface area contributed by atoms with E-state index in [1.165, 1.54) is 34.7 Å². The molecule has 1 fully saturated rings. The predicted octanol–water partition coefficient (Wildman–Crippen LogP) is 6.86. The molecule has 0 radical (unpaired) electrons. The van der Waals surface area contributed by atoms with Crippen molar-refractivity contribution in [3.8, 4) is 11.5 Å². The van der Waals surface area contributed by atoms with Crippen molar-refractivity contribution in [1.29, 1.82) is 0 Å². The summed E-state index contributed by atoms with van der Waals surface area (Å²) in [5.41, 5.74) is 2.91. The van der Waals surface area contributed by atoms with Gasteiger partial charge in [0.05, 0.1) is 22.2 Å². The number of thioether (sulfide) groups is 1. The number of hydrogen-bond acceptors (Lipinski definition) is 6. The largest absolute Gasteiger partial charge is 0.490 e. The lowest BCUT2D eigenvalue weighted by Crippen LogP contribution is -2.27. The van der Waals surface area contributed by atoms with Gasteiger partial charge in [0.2, 0.25) is 0 Å². The smallest absolute Gasteiger partial charge is 0.270 e. The van der Waals surface area contributed by atoms with Gasteiger partial charge in [0.15, 0.2) is 22.4 Å². The lowest BCUT2D eigenvalue weighted by atomic mass is 10.1. The van der Waals surface area contributed by atoms with Crippen LogP contribution in [0.5, 0.6) is 11.5 Å². The number of aryl methyl sites for hydroxylation is 1. The fourth-order valence-corrected chi connectivity index (χ4v) is 5.24. The summed E-state index contributed by atoms with van der Waals surface area (Å²) in [4.78, 5) is 27.2. The van der Waals surface area contributed by atoms with E-state index in [0.717, 1.165) is 18.2 Å². The number of rotatable bonds is 9. The molecule has 1 aliphatic heterocycles. The van der Waals surface area contributed by atoms with Gasteiger partial charge in [-0.15, -0.1) is 0 Å². The van der Waals surface area contributed by atoms with E-state index in [2.05, 4.69) is 12.2 Å². The van der Waals surface area contributed by atoms with Gasteiger partial charge in [-0.1, -0.05) is 54.6 Å². The van der Waals surface area contributed by atoms with Gasteiger partial charge in [0.25, 0.3) is 11.8 Å². The molecule has 0 saturated carbocycles. The molecule has 0 spiro atoms. The molecule has 2 amide bonds. The normalized spacial score (nSPS) is 14.2. The number of hydrogen-bond donors (Lipinski definition) is 1. The first-order valence-corrected chi connectivity index (χ1v) is 13.4. The van der Waals surface area contributed by atoms with Gasteiger partial charge >= 0.3 is 0 Å². The maximum Gasteiger partial charge on any atom is 0.270 e. The molecule has 0 atom stereocenters. The van der Waals surface area contributed by atoms with E-state index in [-0.39, 0.29) is 29.2 Å². The molecule has 196 valence electrons. The van der Waals surface area contributed by atoms with Crippen LogP contribution in [-0.4, -0.2) is 29.3 Å². The van der Waals surface area contributed by atoms with E-state index in [1.54, 1.807) is 18.2 Å². The summed E-state index contributed by atoms with van der Waals surface area (Å²) in [5, 5.41) is 3.01. The Bertz CT molecular complexity index is 1400. The second-order valence-electron chi connectivity index (χ2n) is 8.14. The molecule has 0 unspecified atom stereocenters. The van der Waals surface area contributed by atoms with Crippen LogP contribution < -0.4 is 19.7 Å². The van der Waals surface area contributed by atoms with Gasteiger partial charge in [-0.05, 0) is 79.1 Å². The Morgan fingerprint density at radius 1 is 1.11 bits per heavy atom. The summed E-state index contributed by atoms with van der Waals surface area (Å²) in [7, 11) is 0. The van der Waals surface area contributed by atoms with E-state index in [0.29, 0.717) is 38.5 Å². The molecular formula is C28H24ClFN2O4S2. The van der Waals surface area contributed by atoms with E-state index in [9.17, 15) is 14.0 Å². The lowest BCUT2D eigenvalue weighted by Gasteiger charge is -2.15. The molecule has 0 aromatic heterocycles. The number of anilines is 2. The first-order chi connectivity index (χ1) is 18.3. The number of ether oxygens (including phenoxy) is 2. The third-order valence-electron chi connectivity index (χ3n) is 5.50. The number of halogens is 2. The van der Waals surface area contributed by atoms with Crippen LogP contribution in [0.1, 0.15) is 25.0 Å². The first kappa shape index (κ1) is 27.6. The highest BCUT2D eigenvalue weighted by atomic mass is 35.5. The summed E-state index contributed by atoms with van der Waals surface area (Å²) in [6.45, 7) is 3.93. The summed E-state index contributed by atoms with van der Waals surface area (Å²) in [6.07, 6.45) is 2.56. The molecule has 1 aliphatic rings. The highest BCUT2D eigenvalue weighted by Crippen LogP contribution is 2.40. The van der Waals surface area contributed by atoms with E-state index in [4.69, 9.17) is 33.3 Å². The van der Waals surface area contributed by atoms with E-state index in [1.807, 2.05) is 31.2 Å². The minimum Gasteiger partial charge on any atom is -0.490 e. The molecule has 6 nitrogen and oxygen atoms in total. The Morgan fingerprint density at radius 3 is 2.47 bits per heavy atom. The average Bonchev–Trinajstić information content (AvgIpc) is 3.17. The first-order valence-electron chi connectivity index (χ1n) is 11.8. The van der Waals surface area contributed by atoms with Crippen molar-refractivity contribution in [3.63, 3.8) is 0 Å². The van der Waals surface area contributed by atoms with Crippen molar-refractivity contribution in [3.05, 3.63) is 87.5 Å². The van der Waals surface area contributed by atoms with Gasteiger partial charge in [-0.2, -0.15) is 0 Å². The Labute approximate surface area is 234 Å². The molecule has 1 N–H and O–H groups in total. The SMILES string of the molecule is CCOc1cc(/C=C2\SC(=S)N(c3ccc(F)cc3)C2=O)cc(Cl)c1OCC(=O)Nc1ccc(CC)cc1. The molecule has 10 heteroatoms. The van der Waals surface area contributed by atoms with Crippen molar-refractivity contribution in [1.82, 2.24) is 0 Å². The molecule has 1 saturated heterocycles. The zero-order valence-corrected chi connectivity index (χ0v) is 23.0. The van der Waals surface area contributed by atoms with Crippen LogP contribution in [0.4, 0.5) is 15.8 Å². The maximum absolute atomic E-state index is 13.3. The zero-order chi connectivity index (χ0) is 27.2. The summed E-state index contributed by atoms with van der Waals surface area (Å²) in [5.74, 6) is -0.523. The number of benzene rings is 3. The van der Waals surface area contributed by atoms with Crippen molar-refractivity contribution >= 4 is 69.2 Å². The zero-order valence-electron chi connectivity index (χ0n) is 20.6. The Hall–Kier alpha value is -3.40. The van der Waals surface area contributed by atoms with Gasteiger partial charge in [-0.3, -0.25) is 14.5 Å². The molecule has 0 aliphatic carbocycles. The monoisotopic (exact) mass is 570 g/mol. The maximum atomic E-state index is 13.3. The molecule has 38 heavy (non-hydrogen) atoms. The molecule has 3 aromatic carbocycles. The Morgan fingerprint density at radius 2 is 1.82 bits per heavy atom. The van der Waals surface area contributed by atoms with Crippen LogP contribution in [0.25, 0.3) is 6.08 Å². The van der Waals surface area contributed by atoms with E-state index >= 15 is 0 Å². The molecule has 4 rings (SSSR count). The van der Waals surface area contributed by atoms with E-state index < -0.39 is 5.82 Å². The van der Waals surface area contributed by atoms with Crippen molar-refractivity contribution in [2.75, 3.05) is 23.4 Å². The standard InChI is InChI=1S/C28H24ClFN2O4S2/c1-3-17-5-9-20(10-6-17)31-25(33)16-36-26-22(29)13-18(14-23(26)35-4-2)15-24-27(34)32(28(37)38-24)21-11-7-19(30)8-12-21/h5-15H,3-4,16H2,1-2H3,(H,31,33)/b24-15-. The minimum atomic E-state index is -0.404. The van der Waals surface area contributed by atoms with Crippen LogP contribution >= 0.6 is 35.6 Å². The second kappa shape index (κ2) is 12.4. The summed E-state index contributed by atoms with van der Waals surface area (Å²) in [6, 6.07) is 16.4. The van der Waals surface area contributed by atoms with Gasteiger partial charge in [0.1, 0.15) is 5.82 Å². The van der Waals surface area contributed by atoms with Crippen molar-refractivity contribution in [2.24, 2.45) is 0 Å². The van der Waals surface area contributed by atoms with Crippen LogP contribution in [-0.2, 0) is 16.0 Å². The van der Waals surface area contributed by atoms with Crippen LogP contribution in [0.2, 0.25) is 5.02 Å². The van der Waals surface area contributed by atoms with Gasteiger partial charge in [-0.25, -0.2) is 4.39 Å². The number of thiocarbonyl (C=S) groups is 1. The highest BCUT2D eigenvalue weighted by molar-refractivity contribution is 8.27. The summed E-state index contributed by atoms with van der Waals surface area (Å²) < 4.78 is 25.1. The molecule has 1 heterocycles. The van der Waals surface area contributed by atoms with Crippen LogP contribution in [0.3, 0.4) is 0 Å². The van der Waals surface area contributed by atoms with Crippen LogP contribution in [0, 0.1) is 5.82 Å². The van der Waals surface area contributed by atoms with Crippen molar-refractivity contribution in [2.45, 2.75) is 20.3 Å². The molecule has 3 aromatic rings. The summed E-state index contributed by atoms with van der Waals surface area (Å²) >= 11 is 13.0. The molecular weight excluding hydrogens is 547 g/mol. The predicted molar refractivity (Wildman–Crippen MR) is 155 cm³/mol. The number of amides is 2. The number of carbonyl (C=O) groups is 2. The topological polar surface area (TPSA) is 67.9 Å². The number of carbonyl (C=O) groups excluding carboxylic acids is 2. The minimum absolute atomic E-state index is 0.219. The lowest BCUT2D eigenvalue weighted by molar-refractivity contribution is -0.118. The van der Waals surface area contributed by atoms with Gasteiger partial charge in [0, 0.05) is 5.69 Å². The Kier molecular flexibility index (Phi) is 9.04. The van der Waals surface area contributed by atoms with Crippen LogP contribution in [0.15, 0.2) is 65.6 Å². The Balaban J connectivity index is 1.50. The molecule has 0 bridgehead atoms. The fourth-order valence-electron chi connectivity index (χ4n) is 3.66. The fraction of sp³-hybridized carbons (Fsp3) is 0.179. The highest BCUT2D eigenvalue weighted by Gasteiger charge is 2.33. The van der Waals surface area contributed by atoms with Gasteiger partial charge < -0.3 is 14.8 Å². The number of nitrogens with one attached hydrogen (secondary N) is 1. The second-order valence-corrected chi connectivity index (χ2v) is 10.2. The third-order valence-corrected chi connectivity index (χ3v) is 7.08. The van der Waals surface area contributed by atoms with Crippen molar-refractivity contribution < 1.29 is 23.5 Å². The number of nitrogens with zero attached hydrogens (tertiary/aromatic N) is 1.